The van der Waals surface area contributed by atoms with Crippen molar-refractivity contribution in [1.82, 2.24) is 26.3 Å². The lowest BCUT2D eigenvalue weighted by atomic mass is 9.95. The summed E-state index contributed by atoms with van der Waals surface area (Å²) in [5.74, 6) is 0.412. The summed E-state index contributed by atoms with van der Waals surface area (Å²) in [7, 11) is 0. The van der Waals surface area contributed by atoms with E-state index >= 15 is 0 Å². The van der Waals surface area contributed by atoms with Gasteiger partial charge < -0.3 is 9.84 Å². The van der Waals surface area contributed by atoms with Gasteiger partial charge in [-0.1, -0.05) is 25.9 Å². The van der Waals surface area contributed by atoms with Gasteiger partial charge in [-0.15, -0.1) is 0 Å². The smallest absolute Gasteiger partial charge is 0.291 e. The molecule has 1 saturated heterocycles. The summed E-state index contributed by atoms with van der Waals surface area (Å²) in [5, 5.41) is 6.94. The molecule has 0 spiro atoms. The van der Waals surface area contributed by atoms with Crippen LogP contribution < -0.4 is 16.2 Å². The fraction of sp³-hybridized carbons (Fsp3) is 0.471. The Balaban J connectivity index is 1.64. The maximum absolute atomic E-state index is 12.4. The molecule has 7 nitrogen and oxygen atoms in total. The molecule has 0 radical (unpaired) electrons. The molecule has 3 heterocycles. The first-order valence-electron chi connectivity index (χ1n) is 8.28. The van der Waals surface area contributed by atoms with Crippen LogP contribution in [0.3, 0.4) is 0 Å². The number of amides is 1. The molecule has 0 aliphatic carbocycles. The number of nitrogens with zero attached hydrogens (tertiary/aromatic N) is 2. The minimum absolute atomic E-state index is 0.101. The Morgan fingerprint density at radius 3 is 2.83 bits per heavy atom. The average molecular weight is 329 g/mol. The van der Waals surface area contributed by atoms with E-state index in [1.165, 1.54) is 0 Å². The summed E-state index contributed by atoms with van der Waals surface area (Å²) < 4.78 is 5.19. The maximum Gasteiger partial charge on any atom is 0.291 e. The molecule has 0 bridgehead atoms. The Hall–Kier alpha value is -2.25. The van der Waals surface area contributed by atoms with Gasteiger partial charge in [-0.25, -0.2) is 10.9 Å². The number of carbonyl (C=O) groups is 1. The third-order valence-corrected chi connectivity index (χ3v) is 4.67. The summed E-state index contributed by atoms with van der Waals surface area (Å²) in [6.07, 6.45) is 4.28. The molecular formula is C17H23N5O2. The van der Waals surface area contributed by atoms with Crippen molar-refractivity contribution in [1.29, 1.82) is 0 Å². The van der Waals surface area contributed by atoms with Crippen molar-refractivity contribution in [2.75, 3.05) is 0 Å². The number of aromatic nitrogens is 2. The van der Waals surface area contributed by atoms with Gasteiger partial charge in [0.2, 0.25) is 5.76 Å². The molecule has 1 amide bonds. The van der Waals surface area contributed by atoms with Crippen molar-refractivity contribution >= 4 is 5.91 Å². The molecule has 3 rings (SSSR count). The van der Waals surface area contributed by atoms with Crippen LogP contribution in [-0.2, 0) is 0 Å². The van der Waals surface area contributed by atoms with Gasteiger partial charge in [0.05, 0.1) is 17.9 Å². The van der Waals surface area contributed by atoms with Crippen LogP contribution in [0.1, 0.15) is 61.0 Å². The minimum Gasteiger partial charge on any atom is -0.351 e. The summed E-state index contributed by atoms with van der Waals surface area (Å²) in [5.41, 5.74) is 8.29. The monoisotopic (exact) mass is 329 g/mol. The lowest BCUT2D eigenvalue weighted by molar-refractivity contribution is 0.0885. The normalized spacial score (nSPS) is 24.7. The SMILES string of the molecule is CCC(C)c1cc(C(=O)NC2NNC(c3ccncc3)C2C)on1. The van der Waals surface area contributed by atoms with Crippen LogP contribution in [0.2, 0.25) is 0 Å². The predicted octanol–water partition coefficient (Wildman–Crippen LogP) is 2.12. The molecule has 24 heavy (non-hydrogen) atoms. The van der Waals surface area contributed by atoms with Gasteiger partial charge in [0, 0.05) is 30.3 Å². The lowest BCUT2D eigenvalue weighted by Crippen LogP contribution is -2.46. The molecule has 0 saturated carbocycles. The summed E-state index contributed by atoms with van der Waals surface area (Å²) in [4.78, 5) is 16.4. The zero-order valence-electron chi connectivity index (χ0n) is 14.1. The van der Waals surface area contributed by atoms with E-state index in [2.05, 4.69) is 47.1 Å². The first kappa shape index (κ1) is 16.6. The van der Waals surface area contributed by atoms with Crippen molar-refractivity contribution in [3.05, 3.63) is 47.6 Å². The van der Waals surface area contributed by atoms with Crippen molar-refractivity contribution < 1.29 is 9.32 Å². The van der Waals surface area contributed by atoms with E-state index in [4.69, 9.17) is 4.52 Å². The lowest BCUT2D eigenvalue weighted by Gasteiger charge is -2.19. The fourth-order valence-electron chi connectivity index (χ4n) is 2.81. The van der Waals surface area contributed by atoms with Gasteiger partial charge in [0.25, 0.3) is 5.91 Å². The van der Waals surface area contributed by atoms with E-state index in [1.807, 2.05) is 12.1 Å². The number of hydrogen-bond acceptors (Lipinski definition) is 6. The van der Waals surface area contributed by atoms with Crippen molar-refractivity contribution in [3.63, 3.8) is 0 Å². The van der Waals surface area contributed by atoms with E-state index < -0.39 is 0 Å². The molecule has 128 valence electrons. The maximum atomic E-state index is 12.4. The van der Waals surface area contributed by atoms with E-state index in [0.29, 0.717) is 0 Å². The Bertz CT molecular complexity index is 687. The first-order valence-corrected chi connectivity index (χ1v) is 8.28. The van der Waals surface area contributed by atoms with Gasteiger partial charge >= 0.3 is 0 Å². The quantitative estimate of drug-likeness (QED) is 0.778. The summed E-state index contributed by atoms with van der Waals surface area (Å²) >= 11 is 0. The molecule has 2 aromatic rings. The first-order chi connectivity index (χ1) is 11.6. The molecular weight excluding hydrogens is 306 g/mol. The van der Waals surface area contributed by atoms with E-state index in [-0.39, 0.29) is 35.7 Å². The fourth-order valence-corrected chi connectivity index (χ4v) is 2.81. The molecule has 4 atom stereocenters. The molecule has 4 unspecified atom stereocenters. The van der Waals surface area contributed by atoms with Crippen LogP contribution in [0, 0.1) is 5.92 Å². The van der Waals surface area contributed by atoms with E-state index in [9.17, 15) is 4.79 Å². The number of rotatable bonds is 5. The molecule has 2 aromatic heterocycles. The van der Waals surface area contributed by atoms with Crippen LogP contribution >= 0.6 is 0 Å². The number of hydrogen-bond donors (Lipinski definition) is 3. The van der Waals surface area contributed by atoms with Gasteiger partial charge in [-0.2, -0.15) is 0 Å². The van der Waals surface area contributed by atoms with E-state index in [1.54, 1.807) is 18.5 Å². The predicted molar refractivity (Wildman–Crippen MR) is 88.9 cm³/mol. The Morgan fingerprint density at radius 2 is 2.12 bits per heavy atom. The van der Waals surface area contributed by atoms with Gasteiger partial charge in [0.15, 0.2) is 0 Å². The van der Waals surface area contributed by atoms with Gasteiger partial charge in [-0.3, -0.25) is 9.78 Å². The van der Waals surface area contributed by atoms with Crippen molar-refractivity contribution in [2.45, 2.75) is 45.3 Å². The topological polar surface area (TPSA) is 92.1 Å². The summed E-state index contributed by atoms with van der Waals surface area (Å²) in [6.45, 7) is 6.21. The largest absolute Gasteiger partial charge is 0.351 e. The second kappa shape index (κ2) is 7.11. The number of nitrogens with one attached hydrogen (secondary N) is 3. The zero-order valence-corrected chi connectivity index (χ0v) is 14.1. The zero-order chi connectivity index (χ0) is 17.1. The molecule has 3 N–H and O–H groups in total. The third kappa shape index (κ3) is 3.32. The number of carbonyl (C=O) groups excluding carboxylic acids is 1. The van der Waals surface area contributed by atoms with Crippen LogP contribution in [0.5, 0.6) is 0 Å². The Labute approximate surface area is 141 Å². The molecule has 0 aromatic carbocycles. The van der Waals surface area contributed by atoms with Crippen LogP contribution in [0.25, 0.3) is 0 Å². The summed E-state index contributed by atoms with van der Waals surface area (Å²) in [6, 6.07) is 5.75. The molecule has 1 fully saturated rings. The van der Waals surface area contributed by atoms with Gasteiger partial charge in [-0.05, 0) is 24.1 Å². The average Bonchev–Trinajstić information content (AvgIpc) is 3.23. The number of pyridine rings is 1. The highest BCUT2D eigenvalue weighted by molar-refractivity contribution is 5.91. The van der Waals surface area contributed by atoms with Crippen LogP contribution in [0.15, 0.2) is 35.1 Å². The highest BCUT2D eigenvalue weighted by Gasteiger charge is 2.34. The van der Waals surface area contributed by atoms with Crippen molar-refractivity contribution in [3.8, 4) is 0 Å². The Kier molecular flexibility index (Phi) is 4.92. The second-order valence-corrected chi connectivity index (χ2v) is 6.28. The number of hydrazine groups is 1. The van der Waals surface area contributed by atoms with Crippen LogP contribution in [0.4, 0.5) is 0 Å². The minimum atomic E-state index is -0.265. The van der Waals surface area contributed by atoms with E-state index in [0.717, 1.165) is 17.7 Å². The second-order valence-electron chi connectivity index (χ2n) is 6.28. The standard InChI is InChI=1S/C17H23N5O2/c1-4-10(2)13-9-14(24-22-13)17(23)19-16-11(3)15(20-21-16)12-5-7-18-8-6-12/h5-11,15-16,20-21H,4H2,1-3H3,(H,19,23). The van der Waals surface area contributed by atoms with Crippen LogP contribution in [-0.4, -0.2) is 22.2 Å². The van der Waals surface area contributed by atoms with Gasteiger partial charge in [0.1, 0.15) is 0 Å². The molecule has 1 aliphatic heterocycles. The molecule has 1 aliphatic rings. The third-order valence-electron chi connectivity index (χ3n) is 4.67. The molecule has 7 heteroatoms. The van der Waals surface area contributed by atoms with Crippen molar-refractivity contribution in [2.24, 2.45) is 5.92 Å². The highest BCUT2D eigenvalue weighted by atomic mass is 16.5. The Morgan fingerprint density at radius 1 is 1.38 bits per heavy atom. The highest BCUT2D eigenvalue weighted by Crippen LogP contribution is 2.27.